The third-order valence-electron chi connectivity index (χ3n) is 3.22. The van der Waals surface area contributed by atoms with Crippen LogP contribution >= 0.6 is 0 Å². The summed E-state index contributed by atoms with van der Waals surface area (Å²) in [5.41, 5.74) is 7.92. The maximum Gasteiger partial charge on any atom is 0.140 e. The minimum atomic E-state index is 0.644. The standard InChI is InChI=1S/C16H23N3O/c1-3-10-20-15-7-5-6-13(11-15)16-18-12-14(8-9-17)19(16)4-2/h5-7,11-12H,3-4,8-10,17H2,1-2H3. The molecule has 0 unspecified atom stereocenters. The normalized spacial score (nSPS) is 10.8. The summed E-state index contributed by atoms with van der Waals surface area (Å²) in [6.07, 6.45) is 3.78. The van der Waals surface area contributed by atoms with Crippen molar-refractivity contribution in [2.24, 2.45) is 5.73 Å². The second-order valence-corrected chi connectivity index (χ2v) is 4.73. The van der Waals surface area contributed by atoms with Gasteiger partial charge in [-0.05, 0) is 32.0 Å². The lowest BCUT2D eigenvalue weighted by Crippen LogP contribution is -2.09. The minimum absolute atomic E-state index is 0.644. The zero-order valence-electron chi connectivity index (χ0n) is 12.3. The molecular formula is C16H23N3O. The van der Waals surface area contributed by atoms with Gasteiger partial charge in [-0.3, -0.25) is 0 Å². The van der Waals surface area contributed by atoms with E-state index in [9.17, 15) is 0 Å². The van der Waals surface area contributed by atoms with Crippen molar-refractivity contribution in [3.05, 3.63) is 36.2 Å². The molecule has 2 aromatic rings. The predicted octanol–water partition coefficient (Wildman–Crippen LogP) is 2.86. The molecule has 0 saturated carbocycles. The van der Waals surface area contributed by atoms with E-state index in [1.807, 2.05) is 18.3 Å². The molecule has 0 atom stereocenters. The quantitative estimate of drug-likeness (QED) is 0.844. The monoisotopic (exact) mass is 273 g/mol. The molecular weight excluding hydrogens is 250 g/mol. The first-order valence-electron chi connectivity index (χ1n) is 7.27. The zero-order chi connectivity index (χ0) is 14.4. The fourth-order valence-electron chi connectivity index (χ4n) is 2.29. The van der Waals surface area contributed by atoms with Crippen LogP contribution in [0.3, 0.4) is 0 Å². The Bertz CT molecular complexity index is 548. The topological polar surface area (TPSA) is 53.1 Å². The SMILES string of the molecule is CCCOc1cccc(-c2ncc(CCN)n2CC)c1. The van der Waals surface area contributed by atoms with E-state index in [1.165, 1.54) is 5.69 Å². The molecule has 4 nitrogen and oxygen atoms in total. The molecule has 0 radical (unpaired) electrons. The highest BCUT2D eigenvalue weighted by atomic mass is 16.5. The average molecular weight is 273 g/mol. The molecule has 2 N–H and O–H groups in total. The van der Waals surface area contributed by atoms with Crippen molar-refractivity contribution >= 4 is 0 Å². The van der Waals surface area contributed by atoms with Crippen LogP contribution in [-0.2, 0) is 13.0 Å². The molecule has 1 aromatic heterocycles. The lowest BCUT2D eigenvalue weighted by molar-refractivity contribution is 0.317. The molecule has 0 saturated heterocycles. The molecule has 0 bridgehead atoms. The fourth-order valence-corrected chi connectivity index (χ4v) is 2.29. The van der Waals surface area contributed by atoms with Crippen LogP contribution in [0.4, 0.5) is 0 Å². The lowest BCUT2D eigenvalue weighted by Gasteiger charge is -2.10. The van der Waals surface area contributed by atoms with E-state index in [4.69, 9.17) is 10.5 Å². The number of imidazole rings is 1. The van der Waals surface area contributed by atoms with E-state index < -0.39 is 0 Å². The highest BCUT2D eigenvalue weighted by molar-refractivity contribution is 5.58. The number of nitrogens with zero attached hydrogens (tertiary/aromatic N) is 2. The zero-order valence-corrected chi connectivity index (χ0v) is 12.3. The van der Waals surface area contributed by atoms with Gasteiger partial charge >= 0.3 is 0 Å². The second kappa shape index (κ2) is 7.10. The Morgan fingerprint density at radius 2 is 2.15 bits per heavy atom. The van der Waals surface area contributed by atoms with Crippen molar-refractivity contribution in [1.82, 2.24) is 9.55 Å². The predicted molar refractivity (Wildman–Crippen MR) is 81.9 cm³/mol. The second-order valence-electron chi connectivity index (χ2n) is 4.73. The molecule has 0 fully saturated rings. The molecule has 0 spiro atoms. The summed E-state index contributed by atoms with van der Waals surface area (Å²) in [5.74, 6) is 1.88. The summed E-state index contributed by atoms with van der Waals surface area (Å²) in [4.78, 5) is 4.55. The lowest BCUT2D eigenvalue weighted by atomic mass is 10.2. The first-order valence-corrected chi connectivity index (χ1v) is 7.27. The third kappa shape index (κ3) is 3.20. The molecule has 2 rings (SSSR count). The van der Waals surface area contributed by atoms with Crippen LogP contribution in [0.15, 0.2) is 30.5 Å². The van der Waals surface area contributed by atoms with Crippen LogP contribution in [-0.4, -0.2) is 22.7 Å². The van der Waals surface area contributed by atoms with Gasteiger partial charge in [0.05, 0.1) is 6.61 Å². The van der Waals surface area contributed by atoms with Crippen molar-refractivity contribution in [1.29, 1.82) is 0 Å². The van der Waals surface area contributed by atoms with Gasteiger partial charge in [-0.1, -0.05) is 19.1 Å². The molecule has 1 aromatic carbocycles. The molecule has 1 heterocycles. The Kier molecular flexibility index (Phi) is 5.18. The molecule has 0 aliphatic carbocycles. The minimum Gasteiger partial charge on any atom is -0.494 e. The van der Waals surface area contributed by atoms with Gasteiger partial charge in [0.15, 0.2) is 0 Å². The van der Waals surface area contributed by atoms with Gasteiger partial charge in [0.1, 0.15) is 11.6 Å². The van der Waals surface area contributed by atoms with E-state index in [1.54, 1.807) is 0 Å². The van der Waals surface area contributed by atoms with Gasteiger partial charge in [0, 0.05) is 30.4 Å². The molecule has 20 heavy (non-hydrogen) atoms. The largest absolute Gasteiger partial charge is 0.494 e. The number of hydrogen-bond donors (Lipinski definition) is 1. The van der Waals surface area contributed by atoms with Gasteiger partial charge in [-0.15, -0.1) is 0 Å². The number of rotatable bonds is 7. The van der Waals surface area contributed by atoms with Crippen LogP contribution in [0.5, 0.6) is 5.75 Å². The third-order valence-corrected chi connectivity index (χ3v) is 3.22. The highest BCUT2D eigenvalue weighted by Crippen LogP contribution is 2.24. The van der Waals surface area contributed by atoms with Crippen LogP contribution < -0.4 is 10.5 Å². The van der Waals surface area contributed by atoms with Gasteiger partial charge in [0.25, 0.3) is 0 Å². The average Bonchev–Trinajstić information content (AvgIpc) is 2.88. The summed E-state index contributed by atoms with van der Waals surface area (Å²) in [7, 11) is 0. The molecule has 0 aliphatic rings. The Balaban J connectivity index is 2.31. The smallest absolute Gasteiger partial charge is 0.140 e. The van der Waals surface area contributed by atoms with Gasteiger partial charge < -0.3 is 15.0 Å². The van der Waals surface area contributed by atoms with Crippen molar-refractivity contribution < 1.29 is 4.74 Å². The Morgan fingerprint density at radius 3 is 2.85 bits per heavy atom. The number of nitrogens with two attached hydrogens (primary N) is 1. The van der Waals surface area contributed by atoms with Crippen LogP contribution in [0.2, 0.25) is 0 Å². The number of hydrogen-bond acceptors (Lipinski definition) is 3. The summed E-state index contributed by atoms with van der Waals surface area (Å²) in [6.45, 7) is 6.51. The first-order chi connectivity index (χ1) is 9.80. The van der Waals surface area contributed by atoms with Gasteiger partial charge in [0.2, 0.25) is 0 Å². The van der Waals surface area contributed by atoms with Crippen LogP contribution in [0.1, 0.15) is 26.0 Å². The molecule has 4 heteroatoms. The Hall–Kier alpha value is -1.81. The van der Waals surface area contributed by atoms with Crippen molar-refractivity contribution in [3.8, 4) is 17.1 Å². The Labute approximate surface area is 120 Å². The first kappa shape index (κ1) is 14.6. The maximum atomic E-state index is 5.69. The van der Waals surface area contributed by atoms with E-state index in [-0.39, 0.29) is 0 Å². The highest BCUT2D eigenvalue weighted by Gasteiger charge is 2.10. The molecule has 0 aliphatic heterocycles. The number of aromatic nitrogens is 2. The van der Waals surface area contributed by atoms with E-state index in [0.29, 0.717) is 6.54 Å². The summed E-state index contributed by atoms with van der Waals surface area (Å²) < 4.78 is 7.90. The van der Waals surface area contributed by atoms with E-state index >= 15 is 0 Å². The number of ether oxygens (including phenoxy) is 1. The maximum absolute atomic E-state index is 5.69. The summed E-state index contributed by atoms with van der Waals surface area (Å²) in [5, 5.41) is 0. The summed E-state index contributed by atoms with van der Waals surface area (Å²) in [6, 6.07) is 8.12. The fraction of sp³-hybridized carbons (Fsp3) is 0.438. The Morgan fingerprint density at radius 1 is 1.30 bits per heavy atom. The molecule has 0 amide bonds. The number of benzene rings is 1. The van der Waals surface area contributed by atoms with E-state index in [2.05, 4.69) is 35.5 Å². The van der Waals surface area contributed by atoms with Crippen LogP contribution in [0, 0.1) is 0 Å². The van der Waals surface area contributed by atoms with Gasteiger partial charge in [-0.25, -0.2) is 4.98 Å². The molecule has 108 valence electrons. The summed E-state index contributed by atoms with van der Waals surface area (Å²) >= 11 is 0. The van der Waals surface area contributed by atoms with Crippen molar-refractivity contribution in [2.45, 2.75) is 33.2 Å². The van der Waals surface area contributed by atoms with Crippen molar-refractivity contribution in [3.63, 3.8) is 0 Å². The van der Waals surface area contributed by atoms with Crippen molar-refractivity contribution in [2.75, 3.05) is 13.2 Å². The van der Waals surface area contributed by atoms with E-state index in [0.717, 1.165) is 43.1 Å². The van der Waals surface area contributed by atoms with Gasteiger partial charge in [-0.2, -0.15) is 0 Å². The van der Waals surface area contributed by atoms with Crippen LogP contribution in [0.25, 0.3) is 11.4 Å².